The van der Waals surface area contributed by atoms with E-state index in [1.807, 2.05) is 66.7 Å². The van der Waals surface area contributed by atoms with Gasteiger partial charge in [-0.05, 0) is 42.0 Å². The van der Waals surface area contributed by atoms with E-state index in [9.17, 15) is 9.59 Å². The molecule has 0 spiro atoms. The second kappa shape index (κ2) is 11.4. The van der Waals surface area contributed by atoms with E-state index in [0.29, 0.717) is 18.9 Å². The van der Waals surface area contributed by atoms with Crippen LogP contribution in [0.2, 0.25) is 0 Å². The van der Waals surface area contributed by atoms with Crippen molar-refractivity contribution in [2.24, 2.45) is 0 Å². The molecule has 0 saturated heterocycles. The first-order valence-corrected chi connectivity index (χ1v) is 10.8. The Morgan fingerprint density at radius 1 is 0.853 bits per heavy atom. The number of aromatic nitrogens is 3. The number of nitrogens with one attached hydrogen (secondary N) is 1. The van der Waals surface area contributed by atoms with Crippen molar-refractivity contribution < 1.29 is 14.3 Å². The molecule has 2 heterocycles. The lowest BCUT2D eigenvalue weighted by Crippen LogP contribution is -2.30. The summed E-state index contributed by atoms with van der Waals surface area (Å²) in [6.45, 7) is 1.24. The van der Waals surface area contributed by atoms with Crippen LogP contribution >= 0.6 is 0 Å². The van der Waals surface area contributed by atoms with Crippen molar-refractivity contribution in [2.75, 3.05) is 6.61 Å². The van der Waals surface area contributed by atoms with Gasteiger partial charge in [-0.3, -0.25) is 14.6 Å². The Hall–Kier alpha value is -4.46. The van der Waals surface area contributed by atoms with Gasteiger partial charge < -0.3 is 14.8 Å². The fraction of sp³-hybridized carbons (Fsp3) is 0.154. The predicted molar refractivity (Wildman–Crippen MR) is 127 cm³/mol. The molecule has 0 aliphatic heterocycles. The van der Waals surface area contributed by atoms with E-state index < -0.39 is 0 Å². The van der Waals surface area contributed by atoms with Gasteiger partial charge in [-0.1, -0.05) is 36.4 Å². The van der Waals surface area contributed by atoms with E-state index >= 15 is 0 Å². The van der Waals surface area contributed by atoms with Crippen LogP contribution in [0.3, 0.4) is 0 Å². The minimum atomic E-state index is -0.366. The molecule has 4 aromatic rings. The predicted octanol–water partition coefficient (Wildman–Crippen LogP) is 3.23. The molecule has 2 aromatic heterocycles. The highest BCUT2D eigenvalue weighted by Crippen LogP contribution is 2.14. The average Bonchev–Trinajstić information content (AvgIpc) is 2.89. The number of amides is 1. The third-order valence-corrected chi connectivity index (χ3v) is 4.92. The molecule has 0 fully saturated rings. The zero-order chi connectivity index (χ0) is 23.6. The van der Waals surface area contributed by atoms with E-state index in [-0.39, 0.29) is 30.3 Å². The lowest BCUT2D eigenvalue weighted by Gasteiger charge is -2.10. The molecule has 8 nitrogen and oxygen atoms in total. The summed E-state index contributed by atoms with van der Waals surface area (Å²) in [4.78, 5) is 28.7. The number of hydrogen-bond acceptors (Lipinski definition) is 6. The van der Waals surface area contributed by atoms with Gasteiger partial charge in [0.25, 0.3) is 11.5 Å². The molecule has 2 aromatic carbocycles. The van der Waals surface area contributed by atoms with Crippen molar-refractivity contribution in [1.29, 1.82) is 0 Å². The number of para-hydroxylation sites is 1. The molecule has 0 aliphatic carbocycles. The van der Waals surface area contributed by atoms with Gasteiger partial charge in [0.2, 0.25) is 0 Å². The minimum absolute atomic E-state index is 0.163. The summed E-state index contributed by atoms with van der Waals surface area (Å²) in [6.07, 6.45) is 3.48. The summed E-state index contributed by atoms with van der Waals surface area (Å²) < 4.78 is 12.6. The van der Waals surface area contributed by atoms with Crippen LogP contribution in [0.5, 0.6) is 11.5 Å². The molecule has 1 N–H and O–H groups in total. The van der Waals surface area contributed by atoms with Crippen LogP contribution in [-0.2, 0) is 19.7 Å². The molecule has 0 saturated carbocycles. The highest BCUT2D eigenvalue weighted by Gasteiger charge is 2.10. The molecule has 0 bridgehead atoms. The summed E-state index contributed by atoms with van der Waals surface area (Å²) in [5.41, 5.74) is 1.76. The smallest absolute Gasteiger partial charge is 0.271 e. The Kier molecular flexibility index (Phi) is 7.63. The van der Waals surface area contributed by atoms with Gasteiger partial charge >= 0.3 is 0 Å². The van der Waals surface area contributed by atoms with Gasteiger partial charge in [-0.15, -0.1) is 0 Å². The van der Waals surface area contributed by atoms with Gasteiger partial charge in [0, 0.05) is 30.6 Å². The molecule has 0 radical (unpaired) electrons. The molecular formula is C26H24N4O4. The Morgan fingerprint density at radius 2 is 1.65 bits per heavy atom. The number of hydrogen-bond donors (Lipinski definition) is 1. The van der Waals surface area contributed by atoms with Crippen molar-refractivity contribution in [3.8, 4) is 11.5 Å². The number of carbonyl (C=O) groups excluding carboxylic acids is 1. The van der Waals surface area contributed by atoms with Gasteiger partial charge in [0.1, 0.15) is 30.4 Å². The summed E-state index contributed by atoms with van der Waals surface area (Å²) in [7, 11) is 0. The first-order chi connectivity index (χ1) is 16.7. The third-order valence-electron chi connectivity index (χ3n) is 4.92. The van der Waals surface area contributed by atoms with Crippen molar-refractivity contribution in [3.63, 3.8) is 0 Å². The number of ether oxygens (including phenoxy) is 2. The van der Waals surface area contributed by atoms with Crippen LogP contribution in [0.25, 0.3) is 0 Å². The number of nitrogens with zero attached hydrogens (tertiary/aromatic N) is 3. The number of rotatable bonds is 10. The van der Waals surface area contributed by atoms with Gasteiger partial charge in [-0.2, -0.15) is 5.10 Å². The maximum atomic E-state index is 12.6. The van der Waals surface area contributed by atoms with Crippen LogP contribution in [0, 0.1) is 0 Å². The fourth-order valence-electron chi connectivity index (χ4n) is 3.12. The Balaban J connectivity index is 1.27. The van der Waals surface area contributed by atoms with E-state index in [1.54, 1.807) is 12.4 Å². The maximum absolute atomic E-state index is 12.6. The summed E-state index contributed by atoms with van der Waals surface area (Å²) in [6, 6.07) is 23.3. The van der Waals surface area contributed by atoms with Crippen molar-refractivity contribution in [1.82, 2.24) is 20.1 Å². The topological polar surface area (TPSA) is 95.3 Å². The molecule has 0 atom stereocenters. The summed E-state index contributed by atoms with van der Waals surface area (Å²) in [5.74, 6) is 1.07. The van der Waals surface area contributed by atoms with Crippen LogP contribution < -0.4 is 20.3 Å². The van der Waals surface area contributed by atoms with Crippen molar-refractivity contribution in [2.45, 2.75) is 19.7 Å². The zero-order valence-corrected chi connectivity index (χ0v) is 18.5. The fourth-order valence-corrected chi connectivity index (χ4v) is 3.12. The Labute approximate surface area is 196 Å². The second-order valence-electron chi connectivity index (χ2n) is 7.42. The monoisotopic (exact) mass is 456 g/mol. The highest BCUT2D eigenvalue weighted by molar-refractivity contribution is 5.91. The number of carbonyl (C=O) groups is 1. The van der Waals surface area contributed by atoms with E-state index in [4.69, 9.17) is 9.47 Å². The lowest BCUT2D eigenvalue weighted by molar-refractivity contribution is 0.0943. The third kappa shape index (κ3) is 6.52. The molecule has 0 unspecified atom stereocenters. The largest absolute Gasteiger partial charge is 0.492 e. The van der Waals surface area contributed by atoms with Gasteiger partial charge in [0.05, 0.1) is 6.54 Å². The van der Waals surface area contributed by atoms with Crippen LogP contribution in [0.15, 0.2) is 96.1 Å². The quantitative estimate of drug-likeness (QED) is 0.394. The van der Waals surface area contributed by atoms with Crippen LogP contribution in [0.4, 0.5) is 0 Å². The highest BCUT2D eigenvalue weighted by atomic mass is 16.5. The van der Waals surface area contributed by atoms with Crippen LogP contribution in [0.1, 0.15) is 21.6 Å². The molecule has 0 aliphatic rings. The first-order valence-electron chi connectivity index (χ1n) is 10.8. The summed E-state index contributed by atoms with van der Waals surface area (Å²) >= 11 is 0. The van der Waals surface area contributed by atoms with E-state index in [0.717, 1.165) is 16.9 Å². The standard InChI is InChI=1S/C26H24N4O4/c31-25-13-12-24(29-30(25)15-16-33-22-6-2-1-3-7-22)26(32)28-18-20-8-10-23(11-9-20)34-19-21-5-4-14-27-17-21/h1-14,17H,15-16,18-19H2,(H,28,32). The van der Waals surface area contributed by atoms with Crippen molar-refractivity contribution in [3.05, 3.63) is 118 Å². The SMILES string of the molecule is O=C(NCc1ccc(OCc2cccnc2)cc1)c1ccc(=O)n(CCOc2ccccc2)n1. The molecule has 4 rings (SSSR count). The molecule has 34 heavy (non-hydrogen) atoms. The normalized spacial score (nSPS) is 10.5. The molecule has 1 amide bonds. The molecular weight excluding hydrogens is 432 g/mol. The number of benzene rings is 2. The number of pyridine rings is 1. The average molecular weight is 457 g/mol. The van der Waals surface area contributed by atoms with Gasteiger partial charge in [0.15, 0.2) is 0 Å². The maximum Gasteiger partial charge on any atom is 0.271 e. The second-order valence-corrected chi connectivity index (χ2v) is 7.42. The zero-order valence-electron chi connectivity index (χ0n) is 18.5. The molecule has 8 heteroatoms. The lowest BCUT2D eigenvalue weighted by atomic mass is 10.2. The van der Waals surface area contributed by atoms with E-state index in [2.05, 4.69) is 15.4 Å². The first kappa shape index (κ1) is 22.7. The van der Waals surface area contributed by atoms with E-state index in [1.165, 1.54) is 16.8 Å². The van der Waals surface area contributed by atoms with Crippen LogP contribution in [-0.4, -0.2) is 27.3 Å². The van der Waals surface area contributed by atoms with Gasteiger partial charge in [-0.25, -0.2) is 4.68 Å². The summed E-state index contributed by atoms with van der Waals surface area (Å²) in [5, 5.41) is 6.99. The Morgan fingerprint density at radius 3 is 2.41 bits per heavy atom. The minimum Gasteiger partial charge on any atom is -0.492 e. The van der Waals surface area contributed by atoms with Crippen molar-refractivity contribution >= 4 is 5.91 Å². The Bertz CT molecular complexity index is 1260. The molecule has 172 valence electrons.